The third kappa shape index (κ3) is 2.21. The van der Waals surface area contributed by atoms with Crippen LogP contribution in [0.2, 0.25) is 0 Å². The summed E-state index contributed by atoms with van der Waals surface area (Å²) < 4.78 is 0. The molecule has 3 heteroatoms. The number of nitrogens with one attached hydrogen (secondary N) is 1. The Morgan fingerprint density at radius 1 is 1.53 bits per heavy atom. The van der Waals surface area contributed by atoms with E-state index in [0.717, 1.165) is 11.6 Å². The number of hydrogen-bond acceptors (Lipinski definition) is 3. The fourth-order valence-corrected chi connectivity index (χ4v) is 1.71. The van der Waals surface area contributed by atoms with E-state index in [0.29, 0.717) is 17.3 Å². The molecule has 0 amide bonds. The van der Waals surface area contributed by atoms with Gasteiger partial charge >= 0.3 is 0 Å². The molecule has 1 aromatic rings. The van der Waals surface area contributed by atoms with Crippen LogP contribution in [0.4, 0.5) is 11.4 Å². The lowest BCUT2D eigenvalue weighted by Crippen LogP contribution is -2.18. The number of nitrogens with two attached hydrogens (primary N) is 1. The van der Waals surface area contributed by atoms with Gasteiger partial charge in [0, 0.05) is 6.04 Å². The highest BCUT2D eigenvalue weighted by Gasteiger charge is 2.27. The van der Waals surface area contributed by atoms with E-state index in [4.69, 9.17) is 11.0 Å². The standard InChI is InChI=1S/C12H15N3/c1-8(10-3-4-10)15-12-6-9(7-13)2-5-11(12)14/h2,5-6,8,10,15H,3-4,14H2,1H3. The molecule has 1 fully saturated rings. The molecule has 0 bridgehead atoms. The number of anilines is 2. The molecule has 0 heterocycles. The second kappa shape index (κ2) is 3.82. The molecule has 0 aliphatic heterocycles. The highest BCUT2D eigenvalue weighted by Crippen LogP contribution is 2.34. The Kier molecular flexibility index (Phi) is 2.51. The molecule has 1 aliphatic carbocycles. The Hall–Kier alpha value is -1.69. The number of nitrogens with zero attached hydrogens (tertiary/aromatic N) is 1. The van der Waals surface area contributed by atoms with Gasteiger partial charge in [-0.3, -0.25) is 0 Å². The van der Waals surface area contributed by atoms with Crippen LogP contribution in [-0.2, 0) is 0 Å². The van der Waals surface area contributed by atoms with Crippen molar-refractivity contribution in [1.82, 2.24) is 0 Å². The molecule has 2 rings (SSSR count). The first-order valence-corrected chi connectivity index (χ1v) is 5.27. The van der Waals surface area contributed by atoms with Crippen LogP contribution < -0.4 is 11.1 Å². The second-order valence-electron chi connectivity index (χ2n) is 4.18. The Bertz CT molecular complexity index is 402. The van der Waals surface area contributed by atoms with Crippen molar-refractivity contribution in [2.24, 2.45) is 5.92 Å². The molecule has 1 saturated carbocycles. The highest BCUT2D eigenvalue weighted by molar-refractivity contribution is 5.68. The summed E-state index contributed by atoms with van der Waals surface area (Å²) in [5, 5.41) is 12.2. The van der Waals surface area contributed by atoms with Crippen molar-refractivity contribution >= 4 is 11.4 Å². The summed E-state index contributed by atoms with van der Waals surface area (Å²) in [6.45, 7) is 2.16. The molecule has 0 spiro atoms. The van der Waals surface area contributed by atoms with E-state index in [-0.39, 0.29) is 0 Å². The van der Waals surface area contributed by atoms with Crippen LogP contribution in [0.15, 0.2) is 18.2 Å². The van der Waals surface area contributed by atoms with Crippen LogP contribution in [0.25, 0.3) is 0 Å². The van der Waals surface area contributed by atoms with Crippen molar-refractivity contribution in [3.8, 4) is 6.07 Å². The molecule has 3 N–H and O–H groups in total. The number of rotatable bonds is 3. The van der Waals surface area contributed by atoms with E-state index >= 15 is 0 Å². The van der Waals surface area contributed by atoms with Gasteiger partial charge in [-0.25, -0.2) is 0 Å². The Morgan fingerprint density at radius 3 is 2.87 bits per heavy atom. The molecule has 3 nitrogen and oxygen atoms in total. The number of nitriles is 1. The van der Waals surface area contributed by atoms with Crippen LogP contribution in [-0.4, -0.2) is 6.04 Å². The summed E-state index contributed by atoms with van der Waals surface area (Å²) in [5.41, 5.74) is 8.08. The molecular weight excluding hydrogens is 186 g/mol. The lowest BCUT2D eigenvalue weighted by molar-refractivity contribution is 0.694. The lowest BCUT2D eigenvalue weighted by atomic mass is 10.1. The van der Waals surface area contributed by atoms with Crippen molar-refractivity contribution < 1.29 is 0 Å². The van der Waals surface area contributed by atoms with Crippen LogP contribution >= 0.6 is 0 Å². The van der Waals surface area contributed by atoms with Gasteiger partial charge in [-0.15, -0.1) is 0 Å². The Labute approximate surface area is 89.9 Å². The average molecular weight is 201 g/mol. The zero-order valence-corrected chi connectivity index (χ0v) is 8.83. The van der Waals surface area contributed by atoms with E-state index in [1.807, 2.05) is 6.07 Å². The molecule has 0 aromatic heterocycles. The molecule has 1 atom stereocenters. The highest BCUT2D eigenvalue weighted by atomic mass is 14.9. The molecule has 0 saturated heterocycles. The van der Waals surface area contributed by atoms with Gasteiger partial charge in [0.1, 0.15) is 0 Å². The third-order valence-corrected chi connectivity index (χ3v) is 2.89. The lowest BCUT2D eigenvalue weighted by Gasteiger charge is -2.16. The van der Waals surface area contributed by atoms with Crippen LogP contribution in [0, 0.1) is 17.2 Å². The summed E-state index contributed by atoms with van der Waals surface area (Å²) in [7, 11) is 0. The molecule has 78 valence electrons. The minimum Gasteiger partial charge on any atom is -0.397 e. The normalized spacial score (nSPS) is 16.8. The maximum absolute atomic E-state index is 8.79. The van der Waals surface area contributed by atoms with Crippen molar-refractivity contribution in [2.45, 2.75) is 25.8 Å². The van der Waals surface area contributed by atoms with Crippen LogP contribution in [0.1, 0.15) is 25.3 Å². The number of hydrogen-bond donors (Lipinski definition) is 2. The van der Waals surface area contributed by atoms with Gasteiger partial charge in [0.2, 0.25) is 0 Å². The SMILES string of the molecule is CC(Nc1cc(C#N)ccc1N)C1CC1. The van der Waals surface area contributed by atoms with Gasteiger partial charge < -0.3 is 11.1 Å². The van der Waals surface area contributed by atoms with E-state index in [1.165, 1.54) is 12.8 Å². The molecule has 1 unspecified atom stereocenters. The monoisotopic (exact) mass is 201 g/mol. The van der Waals surface area contributed by atoms with Crippen molar-refractivity contribution in [3.63, 3.8) is 0 Å². The number of nitrogen functional groups attached to an aromatic ring is 1. The van der Waals surface area contributed by atoms with Gasteiger partial charge in [-0.2, -0.15) is 5.26 Å². The third-order valence-electron chi connectivity index (χ3n) is 2.89. The molecule has 1 aliphatic rings. The molecular formula is C12H15N3. The summed E-state index contributed by atoms with van der Waals surface area (Å²) in [6, 6.07) is 7.89. The molecule has 1 aromatic carbocycles. The summed E-state index contributed by atoms with van der Waals surface area (Å²) in [6.07, 6.45) is 2.60. The molecule has 0 radical (unpaired) electrons. The van der Waals surface area contributed by atoms with Crippen molar-refractivity contribution in [1.29, 1.82) is 5.26 Å². The van der Waals surface area contributed by atoms with E-state index in [2.05, 4.69) is 18.3 Å². The number of benzene rings is 1. The van der Waals surface area contributed by atoms with Gasteiger partial charge in [-0.05, 0) is 43.9 Å². The zero-order chi connectivity index (χ0) is 10.8. The predicted molar refractivity (Wildman–Crippen MR) is 61.4 cm³/mol. The van der Waals surface area contributed by atoms with E-state index < -0.39 is 0 Å². The first kappa shape index (κ1) is 9.85. The van der Waals surface area contributed by atoms with Crippen LogP contribution in [0.5, 0.6) is 0 Å². The van der Waals surface area contributed by atoms with Crippen LogP contribution in [0.3, 0.4) is 0 Å². The minimum atomic E-state index is 0.446. The topological polar surface area (TPSA) is 61.8 Å². The van der Waals surface area contributed by atoms with E-state index in [9.17, 15) is 0 Å². The largest absolute Gasteiger partial charge is 0.397 e. The zero-order valence-electron chi connectivity index (χ0n) is 8.83. The quantitative estimate of drug-likeness (QED) is 0.738. The Balaban J connectivity index is 2.15. The fourth-order valence-electron chi connectivity index (χ4n) is 1.71. The first-order chi connectivity index (χ1) is 7.20. The van der Waals surface area contributed by atoms with Crippen molar-refractivity contribution in [3.05, 3.63) is 23.8 Å². The Morgan fingerprint density at radius 2 is 2.27 bits per heavy atom. The predicted octanol–water partition coefficient (Wildman–Crippen LogP) is 2.35. The van der Waals surface area contributed by atoms with Gasteiger partial charge in [0.05, 0.1) is 23.0 Å². The summed E-state index contributed by atoms with van der Waals surface area (Å²) in [5.74, 6) is 0.773. The smallest absolute Gasteiger partial charge is 0.0992 e. The second-order valence-corrected chi connectivity index (χ2v) is 4.18. The summed E-state index contributed by atoms with van der Waals surface area (Å²) in [4.78, 5) is 0. The minimum absolute atomic E-state index is 0.446. The maximum Gasteiger partial charge on any atom is 0.0992 e. The fraction of sp³-hybridized carbons (Fsp3) is 0.417. The van der Waals surface area contributed by atoms with Crippen molar-refractivity contribution in [2.75, 3.05) is 11.1 Å². The molecule has 15 heavy (non-hydrogen) atoms. The average Bonchev–Trinajstić information content (AvgIpc) is 3.04. The summed E-state index contributed by atoms with van der Waals surface area (Å²) >= 11 is 0. The van der Waals surface area contributed by atoms with Gasteiger partial charge in [0.25, 0.3) is 0 Å². The van der Waals surface area contributed by atoms with E-state index in [1.54, 1.807) is 12.1 Å². The maximum atomic E-state index is 8.79. The first-order valence-electron chi connectivity index (χ1n) is 5.27. The van der Waals surface area contributed by atoms with Gasteiger partial charge in [-0.1, -0.05) is 0 Å². The van der Waals surface area contributed by atoms with Gasteiger partial charge in [0.15, 0.2) is 0 Å².